The predicted octanol–water partition coefficient (Wildman–Crippen LogP) is 2.35. The fourth-order valence-electron chi connectivity index (χ4n) is 2.99. The fourth-order valence-corrected chi connectivity index (χ4v) is 2.99. The molecule has 2 N–H and O–H groups in total. The number of nitrogens with two attached hydrogens (primary N) is 1. The van der Waals surface area contributed by atoms with E-state index in [2.05, 4.69) is 39.8 Å². The summed E-state index contributed by atoms with van der Waals surface area (Å²) in [5, 5.41) is 4.73. The van der Waals surface area contributed by atoms with Gasteiger partial charge in [0.25, 0.3) is 0 Å². The highest BCUT2D eigenvalue weighted by Gasteiger charge is 2.17. The highest BCUT2D eigenvalue weighted by atomic mass is 15.3. The second kappa shape index (κ2) is 5.61. The van der Waals surface area contributed by atoms with Crippen molar-refractivity contribution in [1.82, 2.24) is 14.3 Å². The van der Waals surface area contributed by atoms with Gasteiger partial charge in [-0.25, -0.2) is 0 Å². The Kier molecular flexibility index (Phi) is 3.69. The van der Waals surface area contributed by atoms with Crippen LogP contribution in [-0.2, 0) is 13.0 Å². The van der Waals surface area contributed by atoms with Gasteiger partial charge in [0.2, 0.25) is 0 Å². The molecule has 0 amide bonds. The SMILES string of the molecule is NCCc1cccn1Cc1ccn(C2CCCC2)n1. The molecule has 2 heterocycles. The van der Waals surface area contributed by atoms with E-state index in [0.717, 1.165) is 18.7 Å². The van der Waals surface area contributed by atoms with Crippen LogP contribution in [0.4, 0.5) is 0 Å². The summed E-state index contributed by atoms with van der Waals surface area (Å²) in [5.41, 5.74) is 8.07. The summed E-state index contributed by atoms with van der Waals surface area (Å²) in [6.07, 6.45) is 10.4. The zero-order valence-corrected chi connectivity index (χ0v) is 11.3. The summed E-state index contributed by atoms with van der Waals surface area (Å²) in [4.78, 5) is 0. The first-order valence-corrected chi connectivity index (χ1v) is 7.25. The molecule has 102 valence electrons. The zero-order valence-electron chi connectivity index (χ0n) is 11.3. The van der Waals surface area contributed by atoms with Crippen LogP contribution in [0.3, 0.4) is 0 Å². The molecular formula is C15H22N4. The van der Waals surface area contributed by atoms with Crippen molar-refractivity contribution >= 4 is 0 Å². The van der Waals surface area contributed by atoms with E-state index >= 15 is 0 Å². The molecule has 2 aromatic rings. The standard InChI is InChI=1S/C15H22N4/c16-9-7-14-6-3-10-18(14)12-13-8-11-19(17-13)15-4-1-2-5-15/h3,6,8,10-11,15H,1-2,4-5,7,9,12,16H2. The minimum absolute atomic E-state index is 0.627. The molecule has 0 bridgehead atoms. The molecule has 1 aliphatic carbocycles. The van der Waals surface area contributed by atoms with Gasteiger partial charge >= 0.3 is 0 Å². The Morgan fingerprint density at radius 2 is 2.05 bits per heavy atom. The second-order valence-electron chi connectivity index (χ2n) is 5.39. The monoisotopic (exact) mass is 258 g/mol. The first kappa shape index (κ1) is 12.5. The van der Waals surface area contributed by atoms with Gasteiger partial charge in [0.05, 0.1) is 18.3 Å². The van der Waals surface area contributed by atoms with E-state index in [1.54, 1.807) is 0 Å². The van der Waals surface area contributed by atoms with Crippen LogP contribution < -0.4 is 5.73 Å². The molecule has 0 atom stereocenters. The Labute approximate surface area is 114 Å². The summed E-state index contributed by atoms with van der Waals surface area (Å²) in [6, 6.07) is 6.99. The van der Waals surface area contributed by atoms with Gasteiger partial charge in [-0.2, -0.15) is 5.10 Å². The highest BCUT2D eigenvalue weighted by Crippen LogP contribution is 2.28. The lowest BCUT2D eigenvalue weighted by Crippen LogP contribution is -2.10. The van der Waals surface area contributed by atoms with Crippen LogP contribution >= 0.6 is 0 Å². The van der Waals surface area contributed by atoms with E-state index in [0.29, 0.717) is 12.6 Å². The maximum atomic E-state index is 5.64. The van der Waals surface area contributed by atoms with Crippen LogP contribution in [-0.4, -0.2) is 20.9 Å². The molecule has 1 saturated carbocycles. The van der Waals surface area contributed by atoms with Crippen molar-refractivity contribution < 1.29 is 0 Å². The van der Waals surface area contributed by atoms with Crippen LogP contribution in [0.15, 0.2) is 30.6 Å². The van der Waals surface area contributed by atoms with Gasteiger partial charge in [0.15, 0.2) is 0 Å². The number of hydrogen-bond donors (Lipinski definition) is 1. The van der Waals surface area contributed by atoms with Crippen molar-refractivity contribution in [3.8, 4) is 0 Å². The summed E-state index contributed by atoms with van der Waals surface area (Å²) >= 11 is 0. The molecular weight excluding hydrogens is 236 g/mol. The van der Waals surface area contributed by atoms with E-state index in [9.17, 15) is 0 Å². The molecule has 0 aliphatic heterocycles. The quantitative estimate of drug-likeness (QED) is 0.895. The van der Waals surface area contributed by atoms with Crippen molar-refractivity contribution in [2.75, 3.05) is 6.54 Å². The van der Waals surface area contributed by atoms with E-state index in [-0.39, 0.29) is 0 Å². The first-order valence-electron chi connectivity index (χ1n) is 7.25. The van der Waals surface area contributed by atoms with E-state index in [1.807, 2.05) is 0 Å². The lowest BCUT2D eigenvalue weighted by Gasteiger charge is -2.09. The second-order valence-corrected chi connectivity index (χ2v) is 5.39. The molecule has 0 radical (unpaired) electrons. The highest BCUT2D eigenvalue weighted by molar-refractivity contribution is 5.11. The van der Waals surface area contributed by atoms with Crippen molar-refractivity contribution in [3.63, 3.8) is 0 Å². The molecule has 1 fully saturated rings. The normalized spacial score (nSPS) is 16.3. The molecule has 3 rings (SSSR count). The van der Waals surface area contributed by atoms with Gasteiger partial charge in [-0.15, -0.1) is 0 Å². The maximum Gasteiger partial charge on any atom is 0.0821 e. The van der Waals surface area contributed by atoms with Crippen LogP contribution in [0.5, 0.6) is 0 Å². The Morgan fingerprint density at radius 1 is 1.21 bits per heavy atom. The largest absolute Gasteiger partial charge is 0.345 e. The van der Waals surface area contributed by atoms with Crippen LogP contribution in [0.2, 0.25) is 0 Å². The third kappa shape index (κ3) is 2.73. The molecule has 0 spiro atoms. The number of hydrogen-bond acceptors (Lipinski definition) is 2. The molecule has 0 aromatic carbocycles. The topological polar surface area (TPSA) is 48.8 Å². The maximum absolute atomic E-state index is 5.64. The predicted molar refractivity (Wildman–Crippen MR) is 76.0 cm³/mol. The van der Waals surface area contributed by atoms with Gasteiger partial charge < -0.3 is 10.3 Å². The van der Waals surface area contributed by atoms with Crippen LogP contribution in [0.25, 0.3) is 0 Å². The molecule has 1 aliphatic rings. The molecule has 4 nitrogen and oxygen atoms in total. The number of aromatic nitrogens is 3. The van der Waals surface area contributed by atoms with Crippen molar-refractivity contribution in [2.24, 2.45) is 5.73 Å². The Bertz CT molecular complexity index is 520. The average molecular weight is 258 g/mol. The number of rotatable bonds is 5. The third-order valence-electron chi connectivity index (χ3n) is 4.02. The van der Waals surface area contributed by atoms with Gasteiger partial charge in [-0.05, 0) is 44.0 Å². The van der Waals surface area contributed by atoms with E-state index in [1.165, 1.54) is 31.4 Å². The lowest BCUT2D eigenvalue weighted by molar-refractivity contribution is 0.461. The summed E-state index contributed by atoms with van der Waals surface area (Å²) < 4.78 is 4.41. The van der Waals surface area contributed by atoms with Crippen molar-refractivity contribution in [1.29, 1.82) is 0 Å². The summed E-state index contributed by atoms with van der Waals surface area (Å²) in [5.74, 6) is 0. The molecule has 4 heteroatoms. The Morgan fingerprint density at radius 3 is 2.84 bits per heavy atom. The number of nitrogens with zero attached hydrogens (tertiary/aromatic N) is 3. The van der Waals surface area contributed by atoms with Gasteiger partial charge in [0, 0.05) is 18.1 Å². The van der Waals surface area contributed by atoms with Gasteiger partial charge in [-0.3, -0.25) is 4.68 Å². The van der Waals surface area contributed by atoms with Gasteiger partial charge in [-0.1, -0.05) is 12.8 Å². The first-order chi connectivity index (χ1) is 9.36. The fraction of sp³-hybridized carbons (Fsp3) is 0.533. The van der Waals surface area contributed by atoms with Crippen LogP contribution in [0, 0.1) is 0 Å². The Hall–Kier alpha value is -1.55. The average Bonchev–Trinajstić information content (AvgIpc) is 3.12. The third-order valence-corrected chi connectivity index (χ3v) is 4.02. The zero-order chi connectivity index (χ0) is 13.1. The minimum atomic E-state index is 0.627. The molecule has 0 saturated heterocycles. The molecule has 19 heavy (non-hydrogen) atoms. The van der Waals surface area contributed by atoms with E-state index < -0.39 is 0 Å². The minimum Gasteiger partial charge on any atom is -0.345 e. The smallest absolute Gasteiger partial charge is 0.0821 e. The molecule has 0 unspecified atom stereocenters. The van der Waals surface area contributed by atoms with Crippen LogP contribution in [0.1, 0.15) is 43.1 Å². The van der Waals surface area contributed by atoms with Crippen molar-refractivity contribution in [2.45, 2.75) is 44.7 Å². The van der Waals surface area contributed by atoms with E-state index in [4.69, 9.17) is 10.8 Å². The van der Waals surface area contributed by atoms with Crippen molar-refractivity contribution in [3.05, 3.63) is 42.0 Å². The molecule has 2 aromatic heterocycles. The summed E-state index contributed by atoms with van der Waals surface area (Å²) in [7, 11) is 0. The Balaban J connectivity index is 1.70. The van der Waals surface area contributed by atoms with Gasteiger partial charge in [0.1, 0.15) is 0 Å². The summed E-state index contributed by atoms with van der Waals surface area (Å²) in [6.45, 7) is 1.54. The lowest BCUT2D eigenvalue weighted by atomic mass is 10.3.